The van der Waals surface area contributed by atoms with Crippen molar-refractivity contribution >= 4 is 16.0 Å². The Morgan fingerprint density at radius 1 is 1.29 bits per heavy atom. The molecule has 0 unspecified atom stereocenters. The molecule has 6 heteroatoms. The maximum absolute atomic E-state index is 11.6. The highest BCUT2D eigenvalue weighted by Gasteiger charge is 2.12. The molecule has 1 aromatic carbocycles. The summed E-state index contributed by atoms with van der Waals surface area (Å²) < 4.78 is 30.1. The highest BCUT2D eigenvalue weighted by Crippen LogP contribution is 2.11. The van der Waals surface area contributed by atoms with Gasteiger partial charge in [0.05, 0.1) is 18.4 Å². The van der Waals surface area contributed by atoms with Crippen LogP contribution in [0.4, 0.5) is 0 Å². The highest BCUT2D eigenvalue weighted by atomic mass is 32.2. The van der Waals surface area contributed by atoms with E-state index in [-0.39, 0.29) is 17.3 Å². The maximum atomic E-state index is 11.6. The number of nitrogens with one attached hydrogen (secondary N) is 1. The molecule has 1 rings (SSSR count). The zero-order valence-electron chi connectivity index (χ0n) is 9.76. The second-order valence-electron chi connectivity index (χ2n) is 3.40. The number of hydrogen-bond acceptors (Lipinski definition) is 4. The smallest absolute Gasteiger partial charge is 0.309 e. The average molecular weight is 257 g/mol. The van der Waals surface area contributed by atoms with Gasteiger partial charge in [-0.1, -0.05) is 19.1 Å². The lowest BCUT2D eigenvalue weighted by atomic mass is 10.2. The molecule has 0 saturated heterocycles. The molecule has 1 aromatic rings. The van der Waals surface area contributed by atoms with E-state index < -0.39 is 10.0 Å². The first-order chi connectivity index (χ1) is 7.99. The Labute approximate surface area is 101 Å². The largest absolute Gasteiger partial charge is 0.469 e. The second kappa shape index (κ2) is 5.79. The zero-order chi connectivity index (χ0) is 12.9. The quantitative estimate of drug-likeness (QED) is 0.788. The van der Waals surface area contributed by atoms with Gasteiger partial charge in [0.2, 0.25) is 10.0 Å². The summed E-state index contributed by atoms with van der Waals surface area (Å²) in [6.07, 6.45) is 0.137. The van der Waals surface area contributed by atoms with Crippen molar-refractivity contribution in [3.05, 3.63) is 29.8 Å². The van der Waals surface area contributed by atoms with Crippen LogP contribution >= 0.6 is 0 Å². The van der Waals surface area contributed by atoms with Gasteiger partial charge in [-0.25, -0.2) is 13.1 Å². The predicted octanol–water partition coefficient (Wildman–Crippen LogP) is 0.700. The second-order valence-corrected chi connectivity index (χ2v) is 5.17. The fraction of sp³-hybridized carbons (Fsp3) is 0.364. The summed E-state index contributed by atoms with van der Waals surface area (Å²) >= 11 is 0. The molecule has 17 heavy (non-hydrogen) atoms. The number of benzene rings is 1. The molecule has 1 N–H and O–H groups in total. The fourth-order valence-electron chi connectivity index (χ4n) is 1.30. The summed E-state index contributed by atoms with van der Waals surface area (Å²) in [5.41, 5.74) is 0.715. The third kappa shape index (κ3) is 3.83. The van der Waals surface area contributed by atoms with Gasteiger partial charge in [0.15, 0.2) is 0 Å². The third-order valence-electron chi connectivity index (χ3n) is 2.14. The summed E-state index contributed by atoms with van der Waals surface area (Å²) in [5, 5.41) is 0. The van der Waals surface area contributed by atoms with Gasteiger partial charge in [-0.05, 0) is 17.7 Å². The average Bonchev–Trinajstić information content (AvgIpc) is 2.29. The molecule has 94 valence electrons. The Bertz CT molecular complexity index is 479. The van der Waals surface area contributed by atoms with E-state index >= 15 is 0 Å². The Morgan fingerprint density at radius 2 is 1.88 bits per heavy atom. The van der Waals surface area contributed by atoms with Crippen LogP contribution in [0.25, 0.3) is 0 Å². The van der Waals surface area contributed by atoms with Crippen molar-refractivity contribution in [2.75, 3.05) is 13.7 Å². The molecule has 0 spiro atoms. The first kappa shape index (κ1) is 13.7. The van der Waals surface area contributed by atoms with Crippen molar-refractivity contribution in [3.63, 3.8) is 0 Å². The minimum absolute atomic E-state index is 0.137. The number of methoxy groups -OCH3 is 1. The molecule has 0 atom stereocenters. The molecular formula is C11H15NO4S. The van der Waals surface area contributed by atoms with Gasteiger partial charge in [0.25, 0.3) is 0 Å². The Kier molecular flexibility index (Phi) is 4.65. The minimum Gasteiger partial charge on any atom is -0.469 e. The number of rotatable bonds is 5. The maximum Gasteiger partial charge on any atom is 0.309 e. The Balaban J connectivity index is 2.85. The van der Waals surface area contributed by atoms with Crippen molar-refractivity contribution in [1.82, 2.24) is 4.72 Å². The number of sulfonamides is 1. The summed E-state index contributed by atoms with van der Waals surface area (Å²) in [6.45, 7) is 2.05. The van der Waals surface area contributed by atoms with E-state index in [1.807, 2.05) is 0 Å². The van der Waals surface area contributed by atoms with Crippen molar-refractivity contribution in [1.29, 1.82) is 0 Å². The molecule has 0 aromatic heterocycles. The first-order valence-corrected chi connectivity index (χ1v) is 6.63. The lowest BCUT2D eigenvalue weighted by Crippen LogP contribution is -2.23. The van der Waals surface area contributed by atoms with E-state index in [4.69, 9.17) is 0 Å². The van der Waals surface area contributed by atoms with Crippen LogP contribution in [0.3, 0.4) is 0 Å². The number of carbonyl (C=O) groups is 1. The molecule has 0 heterocycles. The predicted molar refractivity (Wildman–Crippen MR) is 63.0 cm³/mol. The van der Waals surface area contributed by atoms with Gasteiger partial charge in [-0.15, -0.1) is 0 Å². The monoisotopic (exact) mass is 257 g/mol. The molecular weight excluding hydrogens is 242 g/mol. The van der Waals surface area contributed by atoms with Crippen LogP contribution in [0.5, 0.6) is 0 Å². The molecule has 0 bridgehead atoms. The fourth-order valence-corrected chi connectivity index (χ4v) is 2.34. The van der Waals surface area contributed by atoms with Gasteiger partial charge >= 0.3 is 5.97 Å². The lowest BCUT2D eigenvalue weighted by molar-refractivity contribution is -0.139. The van der Waals surface area contributed by atoms with E-state index in [0.29, 0.717) is 12.1 Å². The van der Waals surface area contributed by atoms with Crippen LogP contribution in [-0.2, 0) is 26.0 Å². The normalized spacial score (nSPS) is 11.2. The van der Waals surface area contributed by atoms with Crippen molar-refractivity contribution in [3.8, 4) is 0 Å². The number of ether oxygens (including phenoxy) is 1. The first-order valence-electron chi connectivity index (χ1n) is 5.15. The van der Waals surface area contributed by atoms with Gasteiger partial charge < -0.3 is 4.74 Å². The standard InChI is InChI=1S/C11H15NO4S/c1-3-12-17(14,15)10-6-4-9(5-7-10)8-11(13)16-2/h4-7,12H,3,8H2,1-2H3. The lowest BCUT2D eigenvalue weighted by Gasteiger charge is -2.05. The van der Waals surface area contributed by atoms with Crippen LogP contribution in [0.15, 0.2) is 29.2 Å². The van der Waals surface area contributed by atoms with Gasteiger partial charge in [0, 0.05) is 6.54 Å². The molecule has 0 fully saturated rings. The van der Waals surface area contributed by atoms with E-state index in [1.54, 1.807) is 19.1 Å². The SMILES string of the molecule is CCNS(=O)(=O)c1ccc(CC(=O)OC)cc1. The topological polar surface area (TPSA) is 72.5 Å². The van der Waals surface area contributed by atoms with Crippen molar-refractivity contribution < 1.29 is 17.9 Å². The highest BCUT2D eigenvalue weighted by molar-refractivity contribution is 7.89. The number of esters is 1. The van der Waals surface area contributed by atoms with Gasteiger partial charge in [0.1, 0.15) is 0 Å². The summed E-state index contributed by atoms with van der Waals surface area (Å²) in [7, 11) is -2.12. The van der Waals surface area contributed by atoms with Crippen molar-refractivity contribution in [2.45, 2.75) is 18.2 Å². The zero-order valence-corrected chi connectivity index (χ0v) is 10.6. The molecule has 0 aliphatic rings. The van der Waals surface area contributed by atoms with Crippen LogP contribution in [-0.4, -0.2) is 28.0 Å². The third-order valence-corrected chi connectivity index (χ3v) is 3.71. The van der Waals surface area contributed by atoms with E-state index in [0.717, 1.165) is 0 Å². The Hall–Kier alpha value is -1.40. The van der Waals surface area contributed by atoms with Gasteiger partial charge in [-0.2, -0.15) is 0 Å². The van der Waals surface area contributed by atoms with Crippen molar-refractivity contribution in [2.24, 2.45) is 0 Å². The number of carbonyl (C=O) groups excluding carboxylic acids is 1. The van der Waals surface area contributed by atoms with Crippen LogP contribution in [0.1, 0.15) is 12.5 Å². The summed E-state index contributed by atoms with van der Waals surface area (Å²) in [6, 6.07) is 6.13. The molecule has 5 nitrogen and oxygen atoms in total. The minimum atomic E-state index is -3.43. The van der Waals surface area contributed by atoms with Crippen LogP contribution < -0.4 is 4.72 Å². The van der Waals surface area contributed by atoms with Gasteiger partial charge in [-0.3, -0.25) is 4.79 Å². The molecule has 0 aliphatic carbocycles. The van der Waals surface area contributed by atoms with Crippen LogP contribution in [0.2, 0.25) is 0 Å². The molecule has 0 aliphatic heterocycles. The summed E-state index contributed by atoms with van der Waals surface area (Å²) in [4.78, 5) is 11.2. The molecule has 0 amide bonds. The van der Waals surface area contributed by atoms with E-state index in [9.17, 15) is 13.2 Å². The molecule has 0 saturated carbocycles. The number of hydrogen-bond donors (Lipinski definition) is 1. The molecule has 0 radical (unpaired) electrons. The van der Waals surface area contributed by atoms with Crippen LogP contribution in [0, 0.1) is 0 Å². The summed E-state index contributed by atoms with van der Waals surface area (Å²) in [5.74, 6) is -0.354. The Morgan fingerprint density at radius 3 is 2.35 bits per heavy atom. The van der Waals surface area contributed by atoms with E-state index in [1.165, 1.54) is 19.2 Å². The van der Waals surface area contributed by atoms with E-state index in [2.05, 4.69) is 9.46 Å².